The summed E-state index contributed by atoms with van der Waals surface area (Å²) in [6.45, 7) is 1.43. The van der Waals surface area contributed by atoms with Crippen molar-refractivity contribution in [3.05, 3.63) is 0 Å². The van der Waals surface area contributed by atoms with Gasteiger partial charge in [0, 0.05) is 20.6 Å². The molecule has 0 fully saturated rings. The third-order valence-electron chi connectivity index (χ3n) is 1.46. The molecule has 0 aliphatic heterocycles. The summed E-state index contributed by atoms with van der Waals surface area (Å²) >= 11 is 0. The minimum absolute atomic E-state index is 0.0349. The minimum atomic E-state index is -0.618. The number of Topliss-reactive ketones (excluding diaryl/α,β-unsaturated/α-hetero) is 2. The Hall–Kier alpha value is -0.740. The molecule has 0 saturated heterocycles. The van der Waals surface area contributed by atoms with Crippen LogP contribution in [-0.2, 0) is 19.1 Å². The largest absolute Gasteiger partial charge is 0.377 e. The van der Waals surface area contributed by atoms with Gasteiger partial charge in [0.25, 0.3) is 0 Å². The summed E-state index contributed by atoms with van der Waals surface area (Å²) in [5.41, 5.74) is 0. The lowest BCUT2D eigenvalue weighted by atomic mass is 10.1. The summed E-state index contributed by atoms with van der Waals surface area (Å²) in [7, 11) is 2.85. The first-order chi connectivity index (χ1) is 5.61. The molecule has 0 saturated carbocycles. The van der Waals surface area contributed by atoms with Gasteiger partial charge in [0.2, 0.25) is 0 Å². The van der Waals surface area contributed by atoms with Crippen LogP contribution in [0.1, 0.15) is 13.3 Å². The molecule has 0 aromatic rings. The summed E-state index contributed by atoms with van der Waals surface area (Å²) in [5.74, 6) is -0.262. The van der Waals surface area contributed by atoms with E-state index in [9.17, 15) is 9.59 Å². The molecular weight excluding hydrogens is 160 g/mol. The zero-order chi connectivity index (χ0) is 9.56. The number of rotatable bonds is 6. The zero-order valence-corrected chi connectivity index (χ0v) is 7.62. The molecule has 0 aliphatic carbocycles. The molecule has 0 amide bonds. The van der Waals surface area contributed by atoms with Crippen LogP contribution >= 0.6 is 0 Å². The van der Waals surface area contributed by atoms with Gasteiger partial charge in [-0.3, -0.25) is 9.59 Å². The number of hydrogen-bond acceptors (Lipinski definition) is 4. The molecule has 0 rings (SSSR count). The van der Waals surface area contributed by atoms with Crippen LogP contribution in [0.3, 0.4) is 0 Å². The average Bonchev–Trinajstić information content (AvgIpc) is 2.00. The Labute approximate surface area is 71.8 Å². The van der Waals surface area contributed by atoms with Crippen LogP contribution in [0.25, 0.3) is 0 Å². The Morgan fingerprint density at radius 2 is 1.92 bits per heavy atom. The minimum Gasteiger partial charge on any atom is -0.377 e. The van der Waals surface area contributed by atoms with E-state index < -0.39 is 6.10 Å². The maximum absolute atomic E-state index is 11.0. The van der Waals surface area contributed by atoms with Crippen molar-refractivity contribution < 1.29 is 19.1 Å². The van der Waals surface area contributed by atoms with Gasteiger partial charge in [-0.15, -0.1) is 0 Å². The maximum Gasteiger partial charge on any atom is 0.161 e. The zero-order valence-electron chi connectivity index (χ0n) is 7.62. The molecule has 4 nitrogen and oxygen atoms in total. The van der Waals surface area contributed by atoms with Crippen LogP contribution in [0.4, 0.5) is 0 Å². The molecule has 0 heterocycles. The number of carbonyl (C=O) groups is 2. The van der Waals surface area contributed by atoms with Gasteiger partial charge in [-0.05, 0) is 6.92 Å². The highest BCUT2D eigenvalue weighted by Gasteiger charge is 2.16. The van der Waals surface area contributed by atoms with Gasteiger partial charge < -0.3 is 9.47 Å². The van der Waals surface area contributed by atoms with Crippen LogP contribution in [0, 0.1) is 0 Å². The predicted molar refractivity (Wildman–Crippen MR) is 43.0 cm³/mol. The molecule has 0 spiro atoms. The van der Waals surface area contributed by atoms with Crippen molar-refractivity contribution >= 4 is 11.6 Å². The molecule has 4 heteroatoms. The van der Waals surface area contributed by atoms with E-state index in [2.05, 4.69) is 4.74 Å². The predicted octanol–water partition coefficient (Wildman–Crippen LogP) is 0.196. The lowest BCUT2D eigenvalue weighted by Gasteiger charge is -2.09. The van der Waals surface area contributed by atoms with Gasteiger partial charge in [0.15, 0.2) is 11.6 Å². The van der Waals surface area contributed by atoms with E-state index in [0.717, 1.165) is 0 Å². The summed E-state index contributed by atoms with van der Waals surface area (Å²) in [6, 6.07) is 0. The molecule has 1 atom stereocenters. The molecule has 0 radical (unpaired) electrons. The first-order valence-electron chi connectivity index (χ1n) is 3.65. The van der Waals surface area contributed by atoms with E-state index in [4.69, 9.17) is 4.74 Å². The average molecular weight is 174 g/mol. The number of carbonyl (C=O) groups excluding carboxylic acids is 2. The molecule has 70 valence electrons. The monoisotopic (exact) mass is 174 g/mol. The normalized spacial score (nSPS) is 12.6. The van der Waals surface area contributed by atoms with Crippen LogP contribution in [-0.4, -0.2) is 38.5 Å². The fourth-order valence-corrected chi connectivity index (χ4v) is 0.820. The Bertz CT molecular complexity index is 164. The van der Waals surface area contributed by atoms with Crippen molar-refractivity contribution in [1.82, 2.24) is 0 Å². The summed E-state index contributed by atoms with van der Waals surface area (Å²) in [6.07, 6.45) is -0.521. The Kier molecular flexibility index (Phi) is 5.49. The Morgan fingerprint density at radius 3 is 2.25 bits per heavy atom. The van der Waals surface area contributed by atoms with Gasteiger partial charge in [-0.1, -0.05) is 0 Å². The summed E-state index contributed by atoms with van der Waals surface area (Å²) in [5, 5.41) is 0. The summed E-state index contributed by atoms with van der Waals surface area (Å²) in [4.78, 5) is 21.8. The molecule has 0 aromatic heterocycles. The topological polar surface area (TPSA) is 52.6 Å². The highest BCUT2D eigenvalue weighted by atomic mass is 16.5. The number of ketones is 2. The van der Waals surface area contributed by atoms with E-state index in [1.54, 1.807) is 0 Å². The quantitative estimate of drug-likeness (QED) is 0.577. The number of ether oxygens (including phenoxy) is 2. The second-order valence-corrected chi connectivity index (χ2v) is 2.51. The third kappa shape index (κ3) is 4.20. The number of methoxy groups -OCH3 is 2. The molecule has 0 bridgehead atoms. The first kappa shape index (κ1) is 11.3. The van der Waals surface area contributed by atoms with Gasteiger partial charge in [-0.25, -0.2) is 0 Å². The van der Waals surface area contributed by atoms with Gasteiger partial charge in [0.05, 0.1) is 0 Å². The van der Waals surface area contributed by atoms with Crippen molar-refractivity contribution in [2.45, 2.75) is 19.4 Å². The Morgan fingerprint density at radius 1 is 1.33 bits per heavy atom. The molecular formula is C8H14O4. The van der Waals surface area contributed by atoms with Crippen molar-refractivity contribution in [2.75, 3.05) is 20.8 Å². The lowest BCUT2D eigenvalue weighted by molar-refractivity contribution is -0.133. The van der Waals surface area contributed by atoms with Crippen LogP contribution in [0.2, 0.25) is 0 Å². The standard InChI is InChI=1S/C8H14O4/c1-6(9)8(12-3)4-7(10)5-11-2/h8H,4-5H2,1-3H3. The molecule has 12 heavy (non-hydrogen) atoms. The van der Waals surface area contributed by atoms with E-state index in [1.807, 2.05) is 0 Å². The van der Waals surface area contributed by atoms with E-state index in [0.29, 0.717) is 0 Å². The number of hydrogen-bond donors (Lipinski definition) is 0. The molecule has 0 aliphatic rings. The van der Waals surface area contributed by atoms with E-state index in [1.165, 1.54) is 21.1 Å². The van der Waals surface area contributed by atoms with Crippen LogP contribution < -0.4 is 0 Å². The highest BCUT2D eigenvalue weighted by molar-refractivity contribution is 5.88. The maximum atomic E-state index is 11.0. The lowest BCUT2D eigenvalue weighted by Crippen LogP contribution is -2.25. The molecule has 0 aromatic carbocycles. The smallest absolute Gasteiger partial charge is 0.161 e. The SMILES string of the molecule is COCC(=O)CC(OC)C(C)=O. The van der Waals surface area contributed by atoms with Crippen LogP contribution in [0.15, 0.2) is 0 Å². The van der Waals surface area contributed by atoms with Gasteiger partial charge in [0.1, 0.15) is 12.7 Å². The van der Waals surface area contributed by atoms with Crippen molar-refractivity contribution in [3.63, 3.8) is 0 Å². The van der Waals surface area contributed by atoms with Crippen LogP contribution in [0.5, 0.6) is 0 Å². The highest BCUT2D eigenvalue weighted by Crippen LogP contribution is 1.99. The van der Waals surface area contributed by atoms with Gasteiger partial charge >= 0.3 is 0 Å². The first-order valence-corrected chi connectivity index (χ1v) is 3.65. The molecule has 1 unspecified atom stereocenters. The Balaban J connectivity index is 3.85. The van der Waals surface area contributed by atoms with Crippen molar-refractivity contribution in [1.29, 1.82) is 0 Å². The van der Waals surface area contributed by atoms with Crippen molar-refractivity contribution in [2.24, 2.45) is 0 Å². The second kappa shape index (κ2) is 5.85. The van der Waals surface area contributed by atoms with E-state index in [-0.39, 0.29) is 24.6 Å². The van der Waals surface area contributed by atoms with Gasteiger partial charge in [-0.2, -0.15) is 0 Å². The fourth-order valence-electron chi connectivity index (χ4n) is 0.820. The molecule has 0 N–H and O–H groups in total. The van der Waals surface area contributed by atoms with Crippen molar-refractivity contribution in [3.8, 4) is 0 Å². The third-order valence-corrected chi connectivity index (χ3v) is 1.46. The fraction of sp³-hybridized carbons (Fsp3) is 0.750. The second-order valence-electron chi connectivity index (χ2n) is 2.51. The summed E-state index contributed by atoms with van der Waals surface area (Å²) < 4.78 is 9.42. The van der Waals surface area contributed by atoms with E-state index >= 15 is 0 Å².